The third-order valence-electron chi connectivity index (χ3n) is 4.10. The van der Waals surface area contributed by atoms with Gasteiger partial charge in [0.05, 0.1) is 24.0 Å². The van der Waals surface area contributed by atoms with Crippen LogP contribution in [0.2, 0.25) is 0 Å². The van der Waals surface area contributed by atoms with Gasteiger partial charge >= 0.3 is 0 Å². The van der Waals surface area contributed by atoms with Gasteiger partial charge < -0.3 is 15.1 Å². The van der Waals surface area contributed by atoms with Gasteiger partial charge in [0.15, 0.2) is 5.76 Å². The first-order valence-electron chi connectivity index (χ1n) is 8.55. The number of furan rings is 1. The van der Waals surface area contributed by atoms with E-state index in [1.54, 1.807) is 19.1 Å². The zero-order chi connectivity index (χ0) is 18.7. The number of hydrogen-bond acceptors (Lipinski definition) is 4. The van der Waals surface area contributed by atoms with Crippen LogP contribution in [-0.4, -0.2) is 27.6 Å². The van der Waals surface area contributed by atoms with Gasteiger partial charge in [-0.15, -0.1) is 0 Å². The second kappa shape index (κ2) is 7.43. The zero-order valence-electron chi connectivity index (χ0n) is 15.0. The maximum Gasteiger partial charge on any atom is 0.287 e. The fourth-order valence-corrected chi connectivity index (χ4v) is 2.74. The van der Waals surface area contributed by atoms with Crippen molar-refractivity contribution in [1.29, 1.82) is 0 Å². The van der Waals surface area contributed by atoms with Gasteiger partial charge in [0, 0.05) is 11.4 Å². The van der Waals surface area contributed by atoms with Crippen molar-refractivity contribution in [2.24, 2.45) is 0 Å². The minimum Gasteiger partial charge on any atom is -0.459 e. The third-order valence-corrected chi connectivity index (χ3v) is 4.10. The molecule has 7 nitrogen and oxygen atoms in total. The number of hydrogen-bond donors (Lipinski definition) is 2. The summed E-state index contributed by atoms with van der Waals surface area (Å²) in [4.78, 5) is 24.3. The lowest BCUT2D eigenvalue weighted by Crippen LogP contribution is -2.44. The topological polar surface area (TPSA) is 89.2 Å². The van der Waals surface area contributed by atoms with E-state index < -0.39 is 11.9 Å². The standard InChI is InChI=1S/C19H22N4O3/c1-12(2)23-16-8-5-4-7-14(16)15(22-23)11-20-18(24)13(3)21-19(25)17-9-6-10-26-17/h4-10,12-13H,11H2,1-3H3,(H,20,24)(H,21,25)/t13-/m1/s1. The van der Waals surface area contributed by atoms with E-state index in [1.807, 2.05) is 28.9 Å². The van der Waals surface area contributed by atoms with Crippen LogP contribution < -0.4 is 10.6 Å². The summed E-state index contributed by atoms with van der Waals surface area (Å²) in [5.74, 6) is -0.536. The smallest absolute Gasteiger partial charge is 0.287 e. The highest BCUT2D eigenvalue weighted by Gasteiger charge is 2.19. The van der Waals surface area contributed by atoms with E-state index in [0.29, 0.717) is 6.54 Å². The van der Waals surface area contributed by atoms with Crippen LogP contribution >= 0.6 is 0 Å². The first kappa shape index (κ1) is 17.7. The highest BCUT2D eigenvalue weighted by molar-refractivity contribution is 5.95. The molecule has 0 fully saturated rings. The zero-order valence-corrected chi connectivity index (χ0v) is 15.0. The van der Waals surface area contributed by atoms with Crippen molar-refractivity contribution in [3.05, 3.63) is 54.1 Å². The minimum absolute atomic E-state index is 0.173. The van der Waals surface area contributed by atoms with E-state index in [1.165, 1.54) is 6.26 Å². The number of rotatable bonds is 6. The summed E-state index contributed by atoms with van der Waals surface area (Å²) in [6, 6.07) is 10.6. The lowest BCUT2D eigenvalue weighted by molar-refractivity contribution is -0.122. The Hall–Kier alpha value is -3.09. The summed E-state index contributed by atoms with van der Waals surface area (Å²) >= 11 is 0. The normalized spacial score (nSPS) is 12.3. The molecule has 0 aliphatic carbocycles. The Labute approximate surface area is 151 Å². The van der Waals surface area contributed by atoms with Crippen molar-refractivity contribution in [2.75, 3.05) is 0 Å². The van der Waals surface area contributed by atoms with Crippen LogP contribution in [0.25, 0.3) is 10.9 Å². The lowest BCUT2D eigenvalue weighted by atomic mass is 10.2. The molecule has 3 aromatic rings. The predicted molar refractivity (Wildman–Crippen MR) is 97.6 cm³/mol. The molecule has 1 aromatic carbocycles. The molecule has 0 unspecified atom stereocenters. The average Bonchev–Trinajstić information content (AvgIpc) is 3.27. The third kappa shape index (κ3) is 3.61. The van der Waals surface area contributed by atoms with Crippen LogP contribution in [-0.2, 0) is 11.3 Å². The highest BCUT2D eigenvalue weighted by atomic mass is 16.3. The Balaban J connectivity index is 1.66. The van der Waals surface area contributed by atoms with Crippen molar-refractivity contribution in [3.8, 4) is 0 Å². The number of nitrogens with one attached hydrogen (secondary N) is 2. The average molecular weight is 354 g/mol. The molecule has 2 N–H and O–H groups in total. The lowest BCUT2D eigenvalue weighted by Gasteiger charge is -2.12. The molecular weight excluding hydrogens is 332 g/mol. The Bertz CT molecular complexity index is 912. The quantitative estimate of drug-likeness (QED) is 0.712. The van der Waals surface area contributed by atoms with Crippen LogP contribution in [0, 0.1) is 0 Å². The summed E-state index contributed by atoms with van der Waals surface area (Å²) in [7, 11) is 0. The van der Waals surface area contributed by atoms with Crippen molar-refractivity contribution in [3.63, 3.8) is 0 Å². The molecular formula is C19H22N4O3. The van der Waals surface area contributed by atoms with Crippen LogP contribution in [0.1, 0.15) is 43.1 Å². The first-order valence-corrected chi connectivity index (χ1v) is 8.55. The molecule has 26 heavy (non-hydrogen) atoms. The van der Waals surface area contributed by atoms with Crippen molar-refractivity contribution in [2.45, 2.75) is 39.4 Å². The Kier molecular flexibility index (Phi) is 5.06. The molecule has 0 saturated carbocycles. The number of carbonyl (C=O) groups is 2. The Morgan fingerprint density at radius 1 is 1.15 bits per heavy atom. The van der Waals surface area contributed by atoms with Gasteiger partial charge in [0.25, 0.3) is 5.91 Å². The number of nitrogens with zero attached hydrogens (tertiary/aromatic N) is 2. The summed E-state index contributed by atoms with van der Waals surface area (Å²) in [5.41, 5.74) is 1.83. The molecule has 0 aliphatic heterocycles. The Morgan fingerprint density at radius 2 is 1.92 bits per heavy atom. The molecule has 0 saturated heterocycles. The van der Waals surface area contributed by atoms with Crippen LogP contribution in [0.15, 0.2) is 47.1 Å². The van der Waals surface area contributed by atoms with Gasteiger partial charge in [0.2, 0.25) is 5.91 Å². The largest absolute Gasteiger partial charge is 0.459 e. The van der Waals surface area contributed by atoms with E-state index in [-0.39, 0.29) is 17.7 Å². The van der Waals surface area contributed by atoms with E-state index in [9.17, 15) is 9.59 Å². The van der Waals surface area contributed by atoms with E-state index >= 15 is 0 Å². The van der Waals surface area contributed by atoms with Gasteiger partial charge in [-0.25, -0.2) is 0 Å². The summed E-state index contributed by atoms with van der Waals surface area (Å²) in [6.07, 6.45) is 1.41. The van der Waals surface area contributed by atoms with Crippen molar-refractivity contribution < 1.29 is 14.0 Å². The van der Waals surface area contributed by atoms with Crippen LogP contribution in [0.4, 0.5) is 0 Å². The second-order valence-corrected chi connectivity index (χ2v) is 6.39. The van der Waals surface area contributed by atoms with E-state index in [2.05, 4.69) is 29.6 Å². The maximum absolute atomic E-state index is 12.3. The first-order chi connectivity index (χ1) is 12.5. The predicted octanol–water partition coefficient (Wildman–Crippen LogP) is 2.64. The number of amides is 2. The van der Waals surface area contributed by atoms with Gasteiger partial charge in [-0.2, -0.15) is 5.10 Å². The van der Waals surface area contributed by atoms with Gasteiger partial charge in [-0.05, 0) is 39.0 Å². The molecule has 136 valence electrons. The molecule has 0 bridgehead atoms. The van der Waals surface area contributed by atoms with E-state index in [4.69, 9.17) is 4.42 Å². The molecule has 1 atom stereocenters. The van der Waals surface area contributed by atoms with Gasteiger partial charge in [-0.1, -0.05) is 18.2 Å². The molecule has 2 amide bonds. The molecule has 3 rings (SSSR count). The number of fused-ring (bicyclic) bond motifs is 1. The summed E-state index contributed by atoms with van der Waals surface area (Å²) in [5, 5.41) is 11.1. The molecule has 2 heterocycles. The molecule has 0 aliphatic rings. The number of carbonyl (C=O) groups excluding carboxylic acids is 2. The molecule has 2 aromatic heterocycles. The monoisotopic (exact) mass is 354 g/mol. The maximum atomic E-state index is 12.3. The van der Waals surface area contributed by atoms with Crippen molar-refractivity contribution >= 4 is 22.7 Å². The molecule has 7 heteroatoms. The summed E-state index contributed by atoms with van der Waals surface area (Å²) < 4.78 is 6.97. The van der Waals surface area contributed by atoms with Gasteiger partial charge in [0.1, 0.15) is 6.04 Å². The minimum atomic E-state index is -0.689. The highest BCUT2D eigenvalue weighted by Crippen LogP contribution is 2.21. The van der Waals surface area contributed by atoms with Crippen molar-refractivity contribution in [1.82, 2.24) is 20.4 Å². The molecule has 0 spiro atoms. The van der Waals surface area contributed by atoms with Gasteiger partial charge in [-0.3, -0.25) is 14.3 Å². The SMILES string of the molecule is CC(C)n1nc(CNC(=O)[C@@H](C)NC(=O)c2ccco2)c2ccccc21. The number of para-hydroxylation sites is 1. The fourth-order valence-electron chi connectivity index (χ4n) is 2.74. The van der Waals surface area contributed by atoms with E-state index in [0.717, 1.165) is 16.6 Å². The molecule has 0 radical (unpaired) electrons. The second-order valence-electron chi connectivity index (χ2n) is 6.39. The summed E-state index contributed by atoms with van der Waals surface area (Å²) in [6.45, 7) is 6.04. The number of aromatic nitrogens is 2. The fraction of sp³-hybridized carbons (Fsp3) is 0.316. The van der Waals surface area contributed by atoms with Crippen LogP contribution in [0.5, 0.6) is 0 Å². The number of benzene rings is 1. The Morgan fingerprint density at radius 3 is 2.62 bits per heavy atom. The van der Waals surface area contributed by atoms with Crippen LogP contribution in [0.3, 0.4) is 0 Å².